The lowest BCUT2D eigenvalue weighted by Crippen LogP contribution is -2.21. The summed E-state index contributed by atoms with van der Waals surface area (Å²) in [5, 5.41) is 12.7. The van der Waals surface area contributed by atoms with Crippen molar-refractivity contribution >= 4 is 41.1 Å². The van der Waals surface area contributed by atoms with Crippen molar-refractivity contribution in [1.82, 2.24) is 25.1 Å². The Morgan fingerprint density at radius 1 is 1.12 bits per heavy atom. The van der Waals surface area contributed by atoms with Crippen LogP contribution < -0.4 is 15.4 Å². The summed E-state index contributed by atoms with van der Waals surface area (Å²) in [7, 11) is 3.68. The largest absolute Gasteiger partial charge is 0.497 e. The molecule has 10 heteroatoms. The maximum absolute atomic E-state index is 12.7. The third-order valence-corrected chi connectivity index (χ3v) is 5.28. The molecule has 3 heterocycles. The van der Waals surface area contributed by atoms with Gasteiger partial charge in [-0.15, -0.1) is 12.4 Å². The minimum atomic E-state index is -0.370. The molecule has 2 aromatic heterocycles. The number of carbonyl (C=O) groups excluding carboxylic acids is 1. The van der Waals surface area contributed by atoms with Gasteiger partial charge < -0.3 is 10.1 Å². The Labute approximate surface area is 190 Å². The van der Waals surface area contributed by atoms with Crippen LogP contribution in [0, 0.1) is 0 Å². The number of aromatic amines is 1. The number of nitrogens with one attached hydrogen (secondary N) is 3. The quantitative estimate of drug-likeness (QED) is 0.432. The Morgan fingerprint density at radius 2 is 1.94 bits per heavy atom. The van der Waals surface area contributed by atoms with E-state index in [9.17, 15) is 4.79 Å². The first-order valence-corrected chi connectivity index (χ1v) is 9.83. The molecule has 4 aromatic rings. The lowest BCUT2D eigenvalue weighted by Gasteiger charge is -2.10. The number of nitrogens with zero attached hydrogens (tertiary/aromatic N) is 4. The predicted octanol–water partition coefficient (Wildman–Crippen LogP) is 4.04. The summed E-state index contributed by atoms with van der Waals surface area (Å²) in [6.07, 6.45) is 1.65. The molecule has 1 aliphatic heterocycles. The molecule has 0 spiro atoms. The molecule has 164 valence electrons. The fraction of sp³-hybridized carbons (Fsp3) is 0.182. The molecule has 2 aromatic carbocycles. The van der Waals surface area contributed by atoms with Crippen molar-refractivity contribution in [1.29, 1.82) is 0 Å². The van der Waals surface area contributed by atoms with Crippen LogP contribution in [0.4, 0.5) is 16.3 Å². The van der Waals surface area contributed by atoms with Gasteiger partial charge in [0.25, 0.3) is 0 Å². The summed E-state index contributed by atoms with van der Waals surface area (Å²) in [5.74, 6) is 1.15. The van der Waals surface area contributed by atoms with Gasteiger partial charge in [-0.05, 0) is 48.5 Å². The number of rotatable bonds is 4. The number of hydrogen-bond acceptors (Lipinski definition) is 6. The average molecular weight is 452 g/mol. The Morgan fingerprint density at radius 3 is 2.72 bits per heavy atom. The molecule has 1 aliphatic rings. The van der Waals surface area contributed by atoms with E-state index in [4.69, 9.17) is 4.74 Å². The highest BCUT2D eigenvalue weighted by Gasteiger charge is 2.20. The number of halogens is 1. The molecule has 3 N–H and O–H groups in total. The van der Waals surface area contributed by atoms with E-state index >= 15 is 0 Å². The van der Waals surface area contributed by atoms with Gasteiger partial charge in [-0.1, -0.05) is 12.1 Å². The molecular weight excluding hydrogens is 430 g/mol. The second kappa shape index (κ2) is 8.81. The molecule has 5 rings (SSSR count). The minimum Gasteiger partial charge on any atom is -0.497 e. The highest BCUT2D eigenvalue weighted by Crippen LogP contribution is 2.29. The zero-order valence-electron chi connectivity index (χ0n) is 17.5. The van der Waals surface area contributed by atoms with E-state index in [1.165, 1.54) is 5.56 Å². The first-order chi connectivity index (χ1) is 15.1. The zero-order chi connectivity index (χ0) is 21.4. The standard InChI is InChI=1S/C22H21N7O2.ClH/c1-29-11-14-4-3-5-17(16(14)12-29)25-22(30)26-21-19-20(27-28-21)23-10-18(24-19)13-6-8-15(31-2)9-7-13;/h3-10H,11-12H2,1-2H3,(H3,23,25,26,27,28,30);1H. The van der Waals surface area contributed by atoms with E-state index in [0.717, 1.165) is 35.7 Å². The molecule has 0 aliphatic carbocycles. The van der Waals surface area contributed by atoms with E-state index in [-0.39, 0.29) is 18.4 Å². The third-order valence-electron chi connectivity index (χ3n) is 5.28. The van der Waals surface area contributed by atoms with Crippen LogP contribution in [0.25, 0.3) is 22.4 Å². The number of hydrogen-bond donors (Lipinski definition) is 3. The monoisotopic (exact) mass is 451 g/mol. The summed E-state index contributed by atoms with van der Waals surface area (Å²) in [4.78, 5) is 23.9. The summed E-state index contributed by atoms with van der Waals surface area (Å²) in [5.41, 5.74) is 5.63. The van der Waals surface area contributed by atoms with E-state index in [2.05, 4.69) is 48.8 Å². The maximum Gasteiger partial charge on any atom is 0.324 e. The number of carbonyl (C=O) groups is 1. The molecule has 0 saturated carbocycles. The van der Waals surface area contributed by atoms with Gasteiger partial charge in [0.05, 0.1) is 19.0 Å². The molecule has 0 fully saturated rings. The van der Waals surface area contributed by atoms with Crippen molar-refractivity contribution in [3.8, 4) is 17.0 Å². The second-order valence-corrected chi connectivity index (χ2v) is 7.45. The van der Waals surface area contributed by atoms with Crippen molar-refractivity contribution in [2.45, 2.75) is 13.1 Å². The summed E-state index contributed by atoms with van der Waals surface area (Å²) in [6, 6.07) is 13.1. The number of amides is 2. The molecule has 0 radical (unpaired) electrons. The summed E-state index contributed by atoms with van der Waals surface area (Å²) in [6.45, 7) is 1.68. The third kappa shape index (κ3) is 4.08. The van der Waals surface area contributed by atoms with Crippen molar-refractivity contribution in [2.24, 2.45) is 0 Å². The van der Waals surface area contributed by atoms with Crippen LogP contribution >= 0.6 is 12.4 Å². The van der Waals surface area contributed by atoms with Crippen molar-refractivity contribution in [3.63, 3.8) is 0 Å². The molecule has 2 amide bonds. The van der Waals surface area contributed by atoms with E-state index in [1.807, 2.05) is 36.4 Å². The van der Waals surface area contributed by atoms with Crippen LogP contribution in [0.5, 0.6) is 5.75 Å². The molecule has 0 atom stereocenters. The Kier molecular flexibility index (Phi) is 5.93. The van der Waals surface area contributed by atoms with Gasteiger partial charge in [-0.3, -0.25) is 15.3 Å². The fourth-order valence-corrected chi connectivity index (χ4v) is 3.75. The van der Waals surface area contributed by atoms with E-state index in [1.54, 1.807) is 13.3 Å². The molecule has 9 nitrogen and oxygen atoms in total. The molecular formula is C22H22ClN7O2. The number of methoxy groups -OCH3 is 1. The van der Waals surface area contributed by atoms with Gasteiger partial charge >= 0.3 is 6.03 Å². The summed E-state index contributed by atoms with van der Waals surface area (Å²) < 4.78 is 5.20. The van der Waals surface area contributed by atoms with Gasteiger partial charge in [0, 0.05) is 24.3 Å². The minimum absolute atomic E-state index is 0. The number of benzene rings is 2. The fourth-order valence-electron chi connectivity index (χ4n) is 3.75. The molecule has 0 unspecified atom stereocenters. The Bertz CT molecular complexity index is 1270. The Hall–Kier alpha value is -3.69. The Balaban J connectivity index is 0.00000245. The maximum atomic E-state index is 12.7. The number of aromatic nitrogens is 4. The summed E-state index contributed by atoms with van der Waals surface area (Å²) >= 11 is 0. The van der Waals surface area contributed by atoms with Crippen LogP contribution in [-0.2, 0) is 13.1 Å². The first kappa shape index (κ1) is 21.5. The topological polar surface area (TPSA) is 108 Å². The number of anilines is 2. The van der Waals surface area contributed by atoms with Gasteiger partial charge in [-0.25, -0.2) is 14.8 Å². The van der Waals surface area contributed by atoms with Gasteiger partial charge in [0.2, 0.25) is 5.65 Å². The van der Waals surface area contributed by atoms with Crippen LogP contribution in [0.15, 0.2) is 48.7 Å². The first-order valence-electron chi connectivity index (χ1n) is 9.83. The zero-order valence-corrected chi connectivity index (χ0v) is 18.4. The van der Waals surface area contributed by atoms with Crippen LogP contribution in [0.3, 0.4) is 0 Å². The van der Waals surface area contributed by atoms with E-state index in [0.29, 0.717) is 22.7 Å². The van der Waals surface area contributed by atoms with Crippen molar-refractivity contribution in [2.75, 3.05) is 24.8 Å². The van der Waals surface area contributed by atoms with Crippen LogP contribution in [0.1, 0.15) is 11.1 Å². The SMILES string of the molecule is COc1ccc(-c2cnc3n[nH]c(NC(=O)Nc4cccc5c4CN(C)C5)c3n2)cc1.Cl. The normalized spacial score (nSPS) is 12.8. The van der Waals surface area contributed by atoms with Crippen LogP contribution in [-0.4, -0.2) is 45.3 Å². The van der Waals surface area contributed by atoms with Gasteiger partial charge in [0.1, 0.15) is 5.75 Å². The van der Waals surface area contributed by atoms with Crippen molar-refractivity contribution in [3.05, 3.63) is 59.8 Å². The highest BCUT2D eigenvalue weighted by atomic mass is 35.5. The smallest absolute Gasteiger partial charge is 0.324 e. The second-order valence-electron chi connectivity index (χ2n) is 7.45. The van der Waals surface area contributed by atoms with Gasteiger partial charge in [0.15, 0.2) is 11.3 Å². The highest BCUT2D eigenvalue weighted by molar-refractivity contribution is 6.03. The number of fused-ring (bicyclic) bond motifs is 2. The van der Waals surface area contributed by atoms with Crippen molar-refractivity contribution < 1.29 is 9.53 Å². The lowest BCUT2D eigenvalue weighted by atomic mass is 10.1. The molecule has 32 heavy (non-hydrogen) atoms. The number of H-pyrrole nitrogens is 1. The predicted molar refractivity (Wildman–Crippen MR) is 125 cm³/mol. The number of urea groups is 1. The number of ether oxygens (including phenoxy) is 1. The average Bonchev–Trinajstić information content (AvgIpc) is 3.36. The van der Waals surface area contributed by atoms with E-state index < -0.39 is 0 Å². The van der Waals surface area contributed by atoms with Gasteiger partial charge in [-0.2, -0.15) is 5.10 Å². The lowest BCUT2D eigenvalue weighted by molar-refractivity contribution is 0.262. The van der Waals surface area contributed by atoms with Crippen LogP contribution in [0.2, 0.25) is 0 Å². The molecule has 0 saturated heterocycles. The molecule has 0 bridgehead atoms.